The van der Waals surface area contributed by atoms with E-state index in [1.54, 1.807) is 49.8 Å². The smallest absolute Gasteiger partial charge is 0.338 e. The summed E-state index contributed by atoms with van der Waals surface area (Å²) in [5.41, 5.74) is 1.60. The number of esters is 1. The van der Waals surface area contributed by atoms with Crippen LogP contribution >= 0.6 is 23.2 Å². The number of rotatable bonds is 15. The van der Waals surface area contributed by atoms with E-state index in [1.807, 2.05) is 0 Å². The van der Waals surface area contributed by atoms with Crippen LogP contribution in [0.2, 0.25) is 10.0 Å². The van der Waals surface area contributed by atoms with Gasteiger partial charge in [-0.2, -0.15) is 0 Å². The number of nitrogens with zero attached hydrogens (tertiary/aromatic N) is 2. The van der Waals surface area contributed by atoms with Crippen LogP contribution in [-0.2, 0) is 25.9 Å². The normalized spacial score (nSPS) is 15.6. The number of benzene rings is 2. The Morgan fingerprint density at radius 1 is 1.02 bits per heavy atom. The first-order valence-corrected chi connectivity index (χ1v) is 18.0. The van der Waals surface area contributed by atoms with Crippen LogP contribution in [0.1, 0.15) is 40.4 Å². The zero-order valence-corrected chi connectivity index (χ0v) is 29.5. The Morgan fingerprint density at radius 2 is 1.69 bits per heavy atom. The van der Waals surface area contributed by atoms with E-state index >= 15 is 0 Å². The SMILES string of the molecule is COc1ccc(C(Cc2c(Cl)c[nH+]cc2Cl)OC(=O)c2ccc(OC)c(N(CCN3CCOCC3)S(C)(=O)=O)c2)cc1OCC1CC1.O. The molecule has 262 valence electrons. The molecule has 1 aliphatic carbocycles. The molecule has 15 heteroatoms. The number of carbonyl (C=O) groups excluding carboxylic acids is 1. The monoisotopic (exact) mass is 726 g/mol. The van der Waals surface area contributed by atoms with Gasteiger partial charge in [0.15, 0.2) is 23.9 Å². The molecule has 1 saturated carbocycles. The number of H-pyrrole nitrogens is 1. The van der Waals surface area contributed by atoms with Crippen molar-refractivity contribution in [3.8, 4) is 17.2 Å². The second-order valence-electron chi connectivity index (χ2n) is 11.6. The minimum Gasteiger partial charge on any atom is -0.495 e. The van der Waals surface area contributed by atoms with Gasteiger partial charge in [-0.25, -0.2) is 18.2 Å². The molecule has 0 radical (unpaired) electrons. The lowest BCUT2D eigenvalue weighted by Crippen LogP contribution is -2.43. The molecule has 0 amide bonds. The Balaban J connectivity index is 0.00000520. The predicted molar refractivity (Wildman–Crippen MR) is 182 cm³/mol. The minimum atomic E-state index is -3.74. The summed E-state index contributed by atoms with van der Waals surface area (Å²) < 4.78 is 56.0. The number of sulfonamides is 1. The number of pyridine rings is 1. The summed E-state index contributed by atoms with van der Waals surface area (Å²) in [7, 11) is -0.725. The van der Waals surface area contributed by atoms with Crippen LogP contribution in [-0.4, -0.2) is 91.2 Å². The number of aromatic nitrogens is 1. The maximum atomic E-state index is 13.9. The van der Waals surface area contributed by atoms with Gasteiger partial charge in [-0.15, -0.1) is 0 Å². The highest BCUT2D eigenvalue weighted by Crippen LogP contribution is 2.38. The first kappa shape index (κ1) is 37.5. The molecule has 48 heavy (non-hydrogen) atoms. The molecule has 1 aliphatic heterocycles. The third kappa shape index (κ3) is 9.64. The van der Waals surface area contributed by atoms with Gasteiger partial charge >= 0.3 is 5.97 Å². The lowest BCUT2D eigenvalue weighted by molar-refractivity contribution is -0.377. The summed E-state index contributed by atoms with van der Waals surface area (Å²) in [6.07, 6.45) is 5.90. The summed E-state index contributed by atoms with van der Waals surface area (Å²) in [5, 5.41) is 0.765. The van der Waals surface area contributed by atoms with Gasteiger partial charge < -0.3 is 29.2 Å². The van der Waals surface area contributed by atoms with Gasteiger partial charge in [-0.3, -0.25) is 9.21 Å². The van der Waals surface area contributed by atoms with E-state index in [0.717, 1.165) is 19.1 Å². The zero-order chi connectivity index (χ0) is 33.6. The molecule has 2 heterocycles. The van der Waals surface area contributed by atoms with Crippen molar-refractivity contribution in [2.45, 2.75) is 25.4 Å². The van der Waals surface area contributed by atoms with Crippen molar-refractivity contribution in [2.24, 2.45) is 5.92 Å². The molecule has 1 saturated heterocycles. The highest BCUT2D eigenvalue weighted by molar-refractivity contribution is 7.92. The molecule has 3 N–H and O–H groups in total. The fourth-order valence-electron chi connectivity index (χ4n) is 5.31. The molecule has 2 fully saturated rings. The first-order valence-electron chi connectivity index (χ1n) is 15.4. The van der Waals surface area contributed by atoms with Crippen LogP contribution in [0, 0.1) is 5.92 Å². The molecule has 1 aromatic heterocycles. The number of morpholine rings is 1. The first-order chi connectivity index (χ1) is 22.6. The van der Waals surface area contributed by atoms with Crippen molar-refractivity contribution in [3.63, 3.8) is 0 Å². The second-order valence-corrected chi connectivity index (χ2v) is 14.3. The summed E-state index contributed by atoms with van der Waals surface area (Å²) >= 11 is 13.0. The fraction of sp³-hybridized carbons (Fsp3) is 0.455. The van der Waals surface area contributed by atoms with E-state index in [0.29, 0.717) is 83.8 Å². The van der Waals surface area contributed by atoms with E-state index in [1.165, 1.54) is 17.5 Å². The Bertz CT molecular complexity index is 1650. The highest BCUT2D eigenvalue weighted by Gasteiger charge is 2.28. The van der Waals surface area contributed by atoms with Crippen molar-refractivity contribution in [2.75, 3.05) is 70.8 Å². The molecule has 1 atom stereocenters. The van der Waals surface area contributed by atoms with E-state index in [9.17, 15) is 13.2 Å². The standard InChI is InChI=1S/C33H39Cl2N3O8S.H2O/c1-42-29-8-7-24(16-28(29)38(47(3,40)41)11-10-37-12-14-44-15-13-37)33(39)46-31(18-25-26(34)19-36-20-27(25)35)23-6-9-30(43-2)32(17-23)45-21-22-4-5-22;/h6-9,16-17,19-20,22,31H,4-5,10-15,18,21H2,1-3H3;1H2/p+1. The van der Waals surface area contributed by atoms with Crippen molar-refractivity contribution in [1.82, 2.24) is 4.90 Å². The number of nitrogens with one attached hydrogen (secondary N) is 1. The van der Waals surface area contributed by atoms with Crippen LogP contribution in [0.15, 0.2) is 48.8 Å². The molecular formula is C33H42Cl2N3O9S+. The van der Waals surface area contributed by atoms with Gasteiger partial charge in [0.25, 0.3) is 0 Å². The quantitative estimate of drug-likeness (QED) is 0.212. The number of methoxy groups -OCH3 is 2. The lowest BCUT2D eigenvalue weighted by Gasteiger charge is -2.30. The Kier molecular flexibility index (Phi) is 13.2. The number of hydrogen-bond donors (Lipinski definition) is 0. The molecule has 5 rings (SSSR count). The number of aromatic amines is 1. The number of anilines is 1. The molecular weight excluding hydrogens is 685 g/mol. The molecule has 1 unspecified atom stereocenters. The molecule has 0 spiro atoms. The largest absolute Gasteiger partial charge is 0.495 e. The van der Waals surface area contributed by atoms with Crippen molar-refractivity contribution >= 4 is 44.9 Å². The zero-order valence-electron chi connectivity index (χ0n) is 27.2. The minimum absolute atomic E-state index is 0. The highest BCUT2D eigenvalue weighted by atomic mass is 35.5. The topological polar surface area (TPSA) is 149 Å². The Labute approximate surface area is 291 Å². The second kappa shape index (κ2) is 16.9. The molecule has 2 aromatic carbocycles. The van der Waals surface area contributed by atoms with E-state index in [2.05, 4.69) is 9.88 Å². The summed E-state index contributed by atoms with van der Waals surface area (Å²) in [6, 6.07) is 9.95. The number of ether oxygens (including phenoxy) is 5. The number of carbonyl (C=O) groups is 1. The van der Waals surface area contributed by atoms with Crippen LogP contribution in [0.25, 0.3) is 0 Å². The molecule has 2 aliphatic rings. The van der Waals surface area contributed by atoms with Gasteiger partial charge in [0.05, 0.1) is 51.5 Å². The maximum Gasteiger partial charge on any atom is 0.338 e. The van der Waals surface area contributed by atoms with Crippen molar-refractivity contribution in [1.29, 1.82) is 0 Å². The average molecular weight is 728 g/mol. The van der Waals surface area contributed by atoms with Crippen molar-refractivity contribution < 1.29 is 47.4 Å². The number of hydrogen-bond acceptors (Lipinski definition) is 9. The Morgan fingerprint density at radius 3 is 2.31 bits per heavy atom. The van der Waals surface area contributed by atoms with E-state index in [4.69, 9.17) is 46.9 Å². The summed E-state index contributed by atoms with van der Waals surface area (Å²) in [6.45, 7) is 3.79. The fourth-order valence-corrected chi connectivity index (χ4v) is 6.76. The number of halogens is 2. The van der Waals surface area contributed by atoms with Crippen LogP contribution in [0.4, 0.5) is 5.69 Å². The van der Waals surface area contributed by atoms with Crippen molar-refractivity contribution in [3.05, 3.63) is 75.5 Å². The van der Waals surface area contributed by atoms with Crippen LogP contribution in [0.3, 0.4) is 0 Å². The Hall–Kier alpha value is -3.33. The van der Waals surface area contributed by atoms with Gasteiger partial charge in [0, 0.05) is 38.2 Å². The van der Waals surface area contributed by atoms with Gasteiger partial charge in [0.1, 0.15) is 21.9 Å². The summed E-state index contributed by atoms with van der Waals surface area (Å²) in [5.74, 6) is 1.23. The van der Waals surface area contributed by atoms with Gasteiger partial charge in [-0.1, -0.05) is 29.3 Å². The summed E-state index contributed by atoms with van der Waals surface area (Å²) in [4.78, 5) is 18.9. The van der Waals surface area contributed by atoms with E-state index in [-0.39, 0.29) is 29.7 Å². The molecule has 12 nitrogen and oxygen atoms in total. The maximum absolute atomic E-state index is 13.9. The third-order valence-electron chi connectivity index (χ3n) is 8.17. The average Bonchev–Trinajstić information content (AvgIpc) is 3.89. The molecule has 0 bridgehead atoms. The van der Waals surface area contributed by atoms with Crippen LogP contribution < -0.4 is 23.5 Å². The third-order valence-corrected chi connectivity index (χ3v) is 10.0. The van der Waals surface area contributed by atoms with Gasteiger partial charge in [-0.05, 0) is 54.7 Å². The van der Waals surface area contributed by atoms with Crippen LogP contribution in [0.5, 0.6) is 17.2 Å². The van der Waals surface area contributed by atoms with Gasteiger partial charge in [0.2, 0.25) is 10.0 Å². The molecule has 3 aromatic rings. The lowest BCUT2D eigenvalue weighted by atomic mass is 10.0. The van der Waals surface area contributed by atoms with E-state index < -0.39 is 22.1 Å². The predicted octanol–water partition coefficient (Wildman–Crippen LogP) is 4.03.